The Morgan fingerprint density at radius 3 is 2.06 bits per heavy atom. The topological polar surface area (TPSA) is 123 Å². The van der Waals surface area contributed by atoms with Crippen molar-refractivity contribution in [3.8, 4) is 11.4 Å². The van der Waals surface area contributed by atoms with E-state index >= 15 is 0 Å². The van der Waals surface area contributed by atoms with E-state index in [2.05, 4.69) is 20.5 Å². The number of carbonyl (C=O) groups is 3. The highest BCUT2D eigenvalue weighted by atomic mass is 19.4. The summed E-state index contributed by atoms with van der Waals surface area (Å²) in [7, 11) is 0. The summed E-state index contributed by atoms with van der Waals surface area (Å²) in [6.07, 6.45) is -7.14. The van der Waals surface area contributed by atoms with Crippen LogP contribution in [0.3, 0.4) is 0 Å². The number of ether oxygens (including phenoxy) is 1. The van der Waals surface area contributed by atoms with Gasteiger partial charge >= 0.3 is 18.5 Å². The number of carbonyl (C=O) groups excluding carboxylic acids is 2. The van der Waals surface area contributed by atoms with E-state index in [0.717, 1.165) is 23.0 Å². The summed E-state index contributed by atoms with van der Waals surface area (Å²) in [6, 6.07) is 17.2. The molecular formula is C33H30F6N4O5. The third-order valence-electron chi connectivity index (χ3n) is 7.29. The zero-order chi connectivity index (χ0) is 35.1. The van der Waals surface area contributed by atoms with Crippen LogP contribution >= 0.6 is 0 Å². The molecular weight excluding hydrogens is 646 g/mol. The number of benzene rings is 3. The third-order valence-corrected chi connectivity index (χ3v) is 7.29. The van der Waals surface area contributed by atoms with Crippen molar-refractivity contribution in [2.45, 2.75) is 50.6 Å². The molecule has 15 heteroatoms. The van der Waals surface area contributed by atoms with Gasteiger partial charge in [0.05, 0.1) is 29.8 Å². The van der Waals surface area contributed by atoms with Gasteiger partial charge in [-0.1, -0.05) is 37.6 Å². The van der Waals surface area contributed by atoms with Gasteiger partial charge in [-0.25, -0.2) is 4.68 Å². The quantitative estimate of drug-likeness (QED) is 0.128. The molecule has 4 rings (SSSR count). The number of hydrogen-bond acceptors (Lipinski definition) is 5. The normalized spacial score (nSPS) is 13.0. The molecule has 0 fully saturated rings. The summed E-state index contributed by atoms with van der Waals surface area (Å²) in [5.41, 5.74) is 0.971. The van der Waals surface area contributed by atoms with Gasteiger partial charge in [0.25, 0.3) is 5.91 Å². The molecule has 0 bridgehead atoms. The van der Waals surface area contributed by atoms with Gasteiger partial charge in [0, 0.05) is 24.0 Å². The molecule has 48 heavy (non-hydrogen) atoms. The van der Waals surface area contributed by atoms with Crippen LogP contribution in [0.5, 0.6) is 5.75 Å². The number of amides is 2. The van der Waals surface area contributed by atoms with Crippen LogP contribution in [0.4, 0.5) is 32.0 Å². The number of rotatable bonds is 13. The largest absolute Gasteiger partial charge is 0.573 e. The number of aromatic nitrogens is 2. The van der Waals surface area contributed by atoms with Crippen molar-refractivity contribution in [3.63, 3.8) is 0 Å². The van der Waals surface area contributed by atoms with Gasteiger partial charge in [0.2, 0.25) is 5.91 Å². The molecule has 1 aromatic heterocycles. The summed E-state index contributed by atoms with van der Waals surface area (Å²) < 4.78 is 82.5. The Labute approximate surface area is 270 Å². The zero-order valence-corrected chi connectivity index (χ0v) is 25.3. The minimum absolute atomic E-state index is 0.0673. The predicted octanol–water partition coefficient (Wildman–Crippen LogP) is 7.30. The van der Waals surface area contributed by atoms with Gasteiger partial charge < -0.3 is 20.5 Å². The standard InChI is InChI=1S/C33H30F6N4O5/c1-2-3-27(20-4-6-22(7-5-20)30(46)40-17-16-28(44)45)29(21-8-14-26(15-9-21)48-33(37,38)39)31(47)42-24-10-12-25(13-11-24)43-19-23(18-41-43)32(34,35)36/h4-15,18-19,27,29H,2-3,16-17H2,1H3,(H,40,46)(H,42,47)(H,44,45). The fraction of sp³-hybridized carbons (Fsp3) is 0.273. The molecule has 0 saturated heterocycles. The van der Waals surface area contributed by atoms with Crippen LogP contribution < -0.4 is 15.4 Å². The Kier molecular flexibility index (Phi) is 11.1. The van der Waals surface area contributed by atoms with E-state index in [0.29, 0.717) is 41.5 Å². The zero-order valence-electron chi connectivity index (χ0n) is 25.3. The van der Waals surface area contributed by atoms with Crippen LogP contribution in [0.2, 0.25) is 0 Å². The Bertz CT molecular complexity index is 1700. The summed E-state index contributed by atoms with van der Waals surface area (Å²) in [6.45, 7) is 1.83. The van der Waals surface area contributed by atoms with Crippen molar-refractivity contribution >= 4 is 23.5 Å². The lowest BCUT2D eigenvalue weighted by molar-refractivity contribution is -0.274. The van der Waals surface area contributed by atoms with Gasteiger partial charge in [-0.3, -0.25) is 14.4 Å². The van der Waals surface area contributed by atoms with Crippen LogP contribution in [-0.4, -0.2) is 45.6 Å². The van der Waals surface area contributed by atoms with E-state index in [1.54, 1.807) is 12.1 Å². The lowest BCUT2D eigenvalue weighted by Gasteiger charge is -2.28. The summed E-state index contributed by atoms with van der Waals surface area (Å²) in [4.78, 5) is 37.2. The van der Waals surface area contributed by atoms with Crippen molar-refractivity contribution in [2.24, 2.45) is 0 Å². The van der Waals surface area contributed by atoms with Crippen molar-refractivity contribution in [3.05, 3.63) is 107 Å². The lowest BCUT2D eigenvalue weighted by Crippen LogP contribution is -2.27. The Morgan fingerprint density at radius 2 is 1.52 bits per heavy atom. The molecule has 0 radical (unpaired) electrons. The Balaban J connectivity index is 1.62. The Hall–Kier alpha value is -5.34. The van der Waals surface area contributed by atoms with Crippen LogP contribution in [0, 0.1) is 0 Å². The minimum atomic E-state index is -4.92. The number of halogens is 6. The molecule has 0 aliphatic heterocycles. The van der Waals surface area contributed by atoms with Crippen molar-refractivity contribution in [2.75, 3.05) is 11.9 Å². The van der Waals surface area contributed by atoms with E-state index < -0.39 is 53.5 Å². The van der Waals surface area contributed by atoms with Crippen molar-refractivity contribution < 1.29 is 50.6 Å². The molecule has 1 heterocycles. The highest BCUT2D eigenvalue weighted by molar-refractivity contribution is 5.97. The molecule has 0 spiro atoms. The highest BCUT2D eigenvalue weighted by Crippen LogP contribution is 2.39. The van der Waals surface area contributed by atoms with Crippen molar-refractivity contribution in [1.29, 1.82) is 0 Å². The SMILES string of the molecule is CCCC(c1ccc(C(=O)NCCC(=O)O)cc1)C(C(=O)Nc1ccc(-n2cc(C(F)(F)F)cn2)cc1)c1ccc(OC(F)(F)F)cc1. The minimum Gasteiger partial charge on any atom is -0.481 e. The summed E-state index contributed by atoms with van der Waals surface area (Å²) in [5, 5.41) is 17.8. The number of anilines is 1. The van der Waals surface area contributed by atoms with Crippen LogP contribution in [0.25, 0.3) is 5.69 Å². The number of carboxylic acid groups (broad SMARTS) is 1. The number of nitrogens with zero attached hydrogens (tertiary/aromatic N) is 2. The number of alkyl halides is 6. The molecule has 2 amide bonds. The summed E-state index contributed by atoms with van der Waals surface area (Å²) >= 11 is 0. The third kappa shape index (κ3) is 9.59. The first-order chi connectivity index (χ1) is 22.6. The number of aliphatic carboxylic acids is 1. The second-order valence-electron chi connectivity index (χ2n) is 10.7. The van der Waals surface area contributed by atoms with Crippen LogP contribution in [0.1, 0.15) is 65.1 Å². The molecule has 9 nitrogen and oxygen atoms in total. The van der Waals surface area contributed by atoms with E-state index in [1.807, 2.05) is 6.92 Å². The molecule has 2 atom stereocenters. The second kappa shape index (κ2) is 15.0. The maximum absolute atomic E-state index is 14.0. The summed E-state index contributed by atoms with van der Waals surface area (Å²) in [5.74, 6) is -4.00. The molecule has 2 unspecified atom stereocenters. The van der Waals surface area contributed by atoms with Gasteiger partial charge in [-0.2, -0.15) is 18.3 Å². The van der Waals surface area contributed by atoms with E-state index in [9.17, 15) is 40.7 Å². The van der Waals surface area contributed by atoms with Gasteiger partial charge in [-0.05, 0) is 72.0 Å². The molecule has 3 aromatic carbocycles. The van der Waals surface area contributed by atoms with Gasteiger partial charge in [0.15, 0.2) is 0 Å². The number of carboxylic acids is 1. The molecule has 0 aliphatic carbocycles. The van der Waals surface area contributed by atoms with E-state index in [4.69, 9.17) is 5.11 Å². The predicted molar refractivity (Wildman–Crippen MR) is 162 cm³/mol. The maximum Gasteiger partial charge on any atom is 0.573 e. The molecule has 254 valence electrons. The second-order valence-corrected chi connectivity index (χ2v) is 10.7. The smallest absolute Gasteiger partial charge is 0.481 e. The molecule has 4 aromatic rings. The van der Waals surface area contributed by atoms with Crippen LogP contribution in [-0.2, 0) is 15.8 Å². The van der Waals surface area contributed by atoms with Crippen LogP contribution in [0.15, 0.2) is 85.2 Å². The highest BCUT2D eigenvalue weighted by Gasteiger charge is 2.34. The molecule has 0 saturated carbocycles. The average molecular weight is 677 g/mol. The maximum atomic E-state index is 14.0. The average Bonchev–Trinajstić information content (AvgIpc) is 3.53. The Morgan fingerprint density at radius 1 is 0.896 bits per heavy atom. The number of nitrogens with one attached hydrogen (secondary N) is 2. The number of hydrogen-bond donors (Lipinski definition) is 3. The first-order valence-corrected chi connectivity index (χ1v) is 14.6. The van der Waals surface area contributed by atoms with Gasteiger partial charge in [0.1, 0.15) is 5.75 Å². The van der Waals surface area contributed by atoms with Gasteiger partial charge in [-0.15, -0.1) is 13.2 Å². The fourth-order valence-electron chi connectivity index (χ4n) is 5.07. The molecule has 3 N–H and O–H groups in total. The first kappa shape index (κ1) is 35.5. The first-order valence-electron chi connectivity index (χ1n) is 14.6. The van der Waals surface area contributed by atoms with Crippen molar-refractivity contribution in [1.82, 2.24) is 15.1 Å². The van der Waals surface area contributed by atoms with E-state index in [-0.39, 0.29) is 18.5 Å². The molecule has 0 aliphatic rings. The monoisotopic (exact) mass is 676 g/mol. The van der Waals surface area contributed by atoms with E-state index in [1.165, 1.54) is 48.5 Å². The fourth-order valence-corrected chi connectivity index (χ4v) is 5.07. The lowest BCUT2D eigenvalue weighted by atomic mass is 9.78.